The van der Waals surface area contributed by atoms with E-state index in [0.29, 0.717) is 6.42 Å². The van der Waals surface area contributed by atoms with Crippen LogP contribution in [0.1, 0.15) is 64.4 Å². The third-order valence-corrected chi connectivity index (χ3v) is 11.3. The zero-order valence-corrected chi connectivity index (χ0v) is 20.6. The highest BCUT2D eigenvalue weighted by Crippen LogP contribution is 2.90. The minimum atomic E-state index is -2.59. The summed E-state index contributed by atoms with van der Waals surface area (Å²) in [4.78, 5) is 15.9. The van der Waals surface area contributed by atoms with Gasteiger partial charge in [0.2, 0.25) is 0 Å². The summed E-state index contributed by atoms with van der Waals surface area (Å²) in [5.74, 6) is -4.34. The van der Waals surface area contributed by atoms with E-state index in [9.17, 15) is 35.4 Å². The molecule has 6 fully saturated rings. The van der Waals surface area contributed by atoms with Crippen LogP contribution in [0.25, 0.3) is 0 Å². The standard InChI is InChI=1S/C25H35NO9/c1-12(2)22(31)17(34-16(28)14-7-6-10-26-14)23(32)18(4)11-21(30)19(22,5)25(23,33)24(35-21)15(27)13(3)8-9-20(18,24)29/h6-7,10,12-13,15,17,26-27,29-33H,8-9,11H2,1-5H3/t13-,15+,17+,18-,19-,20-,21-,22+,23+,24+,25+/m0/s1. The van der Waals surface area contributed by atoms with E-state index in [1.165, 1.54) is 26.1 Å². The van der Waals surface area contributed by atoms with Gasteiger partial charge in [0.1, 0.15) is 28.1 Å². The topological polar surface area (TPSA) is 173 Å². The van der Waals surface area contributed by atoms with Gasteiger partial charge in [-0.05, 0) is 43.7 Å². The van der Waals surface area contributed by atoms with Gasteiger partial charge in [-0.1, -0.05) is 27.7 Å². The van der Waals surface area contributed by atoms with Gasteiger partial charge in [-0.25, -0.2) is 4.79 Å². The van der Waals surface area contributed by atoms with Crippen LogP contribution >= 0.6 is 0 Å². The highest BCUT2D eigenvalue weighted by atomic mass is 16.7. The number of rotatable bonds is 3. The Bertz CT molecular complexity index is 1130. The Morgan fingerprint density at radius 2 is 1.86 bits per heavy atom. The number of carbonyl (C=O) groups is 1. The predicted octanol–water partition coefficient (Wildman–Crippen LogP) is -0.188. The average Bonchev–Trinajstić information content (AvgIpc) is 3.41. The Kier molecular flexibility index (Phi) is 4.06. The van der Waals surface area contributed by atoms with Gasteiger partial charge < -0.3 is 45.1 Å². The first-order valence-corrected chi connectivity index (χ1v) is 12.4. The second-order valence-electron chi connectivity index (χ2n) is 12.4. The molecule has 3 heterocycles. The summed E-state index contributed by atoms with van der Waals surface area (Å²) in [6.45, 7) is 7.91. The lowest BCUT2D eigenvalue weighted by atomic mass is 9.52. The number of H-pyrrole nitrogens is 1. The van der Waals surface area contributed by atoms with E-state index < -0.39 is 74.6 Å². The summed E-state index contributed by atoms with van der Waals surface area (Å²) in [7, 11) is 0. The smallest absolute Gasteiger partial charge is 0.355 e. The second-order valence-corrected chi connectivity index (χ2v) is 12.4. The molecule has 0 unspecified atom stereocenters. The molecule has 6 aliphatic rings. The lowest BCUT2D eigenvalue weighted by molar-refractivity contribution is -0.390. The molecule has 0 radical (unpaired) electrons. The van der Waals surface area contributed by atoms with Crippen LogP contribution < -0.4 is 0 Å². The highest BCUT2D eigenvalue weighted by Gasteiger charge is 3.10. The number of carbonyl (C=O) groups excluding carboxylic acids is 1. The van der Waals surface area contributed by atoms with Gasteiger partial charge in [0.05, 0.1) is 11.5 Å². The lowest BCUT2D eigenvalue weighted by Crippen LogP contribution is -2.75. The third kappa shape index (κ3) is 1.74. The summed E-state index contributed by atoms with van der Waals surface area (Å²) < 4.78 is 12.1. The van der Waals surface area contributed by atoms with Gasteiger partial charge in [0.25, 0.3) is 0 Å². The minimum Gasteiger partial charge on any atom is -0.451 e. The molecule has 4 aliphatic carbocycles. The summed E-state index contributed by atoms with van der Waals surface area (Å²) in [5, 5.41) is 73.9. The molecule has 4 saturated carbocycles. The molecule has 7 rings (SSSR count). The first-order chi connectivity index (χ1) is 16.0. The van der Waals surface area contributed by atoms with Crippen molar-refractivity contribution >= 4 is 5.97 Å². The maximum absolute atomic E-state index is 13.2. The zero-order chi connectivity index (χ0) is 25.8. The van der Waals surface area contributed by atoms with E-state index in [1.807, 2.05) is 0 Å². The number of hydrogen-bond acceptors (Lipinski definition) is 9. The number of aliphatic hydroxyl groups is 6. The molecule has 11 atom stereocenters. The molecule has 1 aromatic rings. The Hall–Kier alpha value is -1.53. The largest absolute Gasteiger partial charge is 0.451 e. The van der Waals surface area contributed by atoms with Gasteiger partial charge in [-0.15, -0.1) is 0 Å². The van der Waals surface area contributed by atoms with Gasteiger partial charge in [0, 0.05) is 18.0 Å². The second kappa shape index (κ2) is 5.96. The van der Waals surface area contributed by atoms with Crippen LogP contribution in [-0.2, 0) is 9.47 Å². The monoisotopic (exact) mass is 493 g/mol. The number of aromatic amines is 1. The van der Waals surface area contributed by atoms with Crippen LogP contribution in [-0.4, -0.2) is 87.6 Å². The SMILES string of the molecule is CC(C)[C@@]1(O)[C@@H](OC(=O)c2ccc[nH]2)[C@@]2(O)[C@@]3(C)C[C@]4(O)O[C@@]5([C@H](O)[C@@H](C)CC[C@]35O)[C@@]2(O)[C@]14C. The quantitative estimate of drug-likeness (QED) is 0.282. The number of esters is 1. The average molecular weight is 494 g/mol. The van der Waals surface area contributed by atoms with E-state index in [-0.39, 0.29) is 18.5 Å². The van der Waals surface area contributed by atoms with Gasteiger partial charge in [-0.3, -0.25) is 0 Å². The molecule has 2 aliphatic heterocycles. The number of aromatic nitrogens is 1. The zero-order valence-electron chi connectivity index (χ0n) is 20.6. The molecule has 35 heavy (non-hydrogen) atoms. The summed E-state index contributed by atoms with van der Waals surface area (Å²) in [6.07, 6.45) is -1.63. The third-order valence-electron chi connectivity index (χ3n) is 11.3. The predicted molar refractivity (Wildman–Crippen MR) is 119 cm³/mol. The minimum absolute atomic E-state index is 0.0654. The summed E-state index contributed by atoms with van der Waals surface area (Å²) >= 11 is 0. The molecule has 1 spiro atoms. The van der Waals surface area contributed by atoms with Crippen molar-refractivity contribution in [3.05, 3.63) is 24.0 Å². The Morgan fingerprint density at radius 3 is 2.43 bits per heavy atom. The van der Waals surface area contributed by atoms with E-state index in [1.54, 1.807) is 26.8 Å². The van der Waals surface area contributed by atoms with Gasteiger partial charge >= 0.3 is 5.97 Å². The molecule has 6 bridgehead atoms. The first-order valence-electron chi connectivity index (χ1n) is 12.4. The maximum Gasteiger partial charge on any atom is 0.355 e. The van der Waals surface area contributed by atoms with Crippen LogP contribution in [0.2, 0.25) is 0 Å². The number of ether oxygens (including phenoxy) is 2. The molecule has 10 nitrogen and oxygen atoms in total. The van der Waals surface area contributed by atoms with E-state index in [4.69, 9.17) is 9.47 Å². The molecule has 0 amide bonds. The van der Waals surface area contributed by atoms with Crippen LogP contribution in [0.15, 0.2) is 18.3 Å². The molecule has 10 heteroatoms. The fraction of sp³-hybridized carbons (Fsp3) is 0.800. The molecule has 7 N–H and O–H groups in total. The molecular weight excluding hydrogens is 458 g/mol. The molecule has 1 aromatic heterocycles. The normalized spacial score (nSPS) is 59.8. The van der Waals surface area contributed by atoms with E-state index in [2.05, 4.69) is 4.98 Å². The highest BCUT2D eigenvalue weighted by molar-refractivity contribution is 5.87. The van der Waals surface area contributed by atoms with Gasteiger partial charge in [0.15, 0.2) is 17.5 Å². The molecule has 0 aromatic carbocycles. The van der Waals surface area contributed by atoms with Crippen molar-refractivity contribution in [1.82, 2.24) is 4.98 Å². The van der Waals surface area contributed by atoms with Crippen molar-refractivity contribution in [3.8, 4) is 0 Å². The van der Waals surface area contributed by atoms with E-state index in [0.717, 1.165) is 0 Å². The fourth-order valence-corrected chi connectivity index (χ4v) is 9.56. The van der Waals surface area contributed by atoms with Crippen LogP contribution in [0.3, 0.4) is 0 Å². The molecule has 2 saturated heterocycles. The fourth-order valence-electron chi connectivity index (χ4n) is 9.56. The van der Waals surface area contributed by atoms with Crippen molar-refractivity contribution in [2.45, 2.75) is 99.9 Å². The maximum atomic E-state index is 13.2. The Morgan fingerprint density at radius 1 is 1.20 bits per heavy atom. The number of nitrogens with one attached hydrogen (secondary N) is 1. The van der Waals surface area contributed by atoms with Crippen molar-refractivity contribution < 1.29 is 44.9 Å². The molecular formula is C25H35NO9. The first kappa shape index (κ1) is 23.8. The number of hydrogen-bond donors (Lipinski definition) is 7. The molecule has 194 valence electrons. The summed E-state index contributed by atoms with van der Waals surface area (Å²) in [6, 6.07) is 3.06. The van der Waals surface area contributed by atoms with E-state index >= 15 is 0 Å². The van der Waals surface area contributed by atoms with Crippen LogP contribution in [0, 0.1) is 22.7 Å². The van der Waals surface area contributed by atoms with Crippen molar-refractivity contribution in [2.75, 3.05) is 0 Å². The lowest BCUT2D eigenvalue weighted by Gasteiger charge is -2.60. The Balaban J connectivity index is 1.69. The summed E-state index contributed by atoms with van der Waals surface area (Å²) in [5.41, 5.74) is -15.2. The van der Waals surface area contributed by atoms with Crippen molar-refractivity contribution in [2.24, 2.45) is 22.7 Å². The number of aliphatic hydroxyl groups excluding tert-OH is 1. The van der Waals surface area contributed by atoms with Crippen LogP contribution in [0.5, 0.6) is 0 Å². The Labute approximate surface area is 202 Å². The van der Waals surface area contributed by atoms with Gasteiger partial charge in [-0.2, -0.15) is 0 Å². The van der Waals surface area contributed by atoms with Crippen LogP contribution in [0.4, 0.5) is 0 Å². The van der Waals surface area contributed by atoms with Crippen molar-refractivity contribution in [3.63, 3.8) is 0 Å². The van der Waals surface area contributed by atoms with Crippen molar-refractivity contribution in [1.29, 1.82) is 0 Å².